The quantitative estimate of drug-likeness (QED) is 0.618. The van der Waals surface area contributed by atoms with Gasteiger partial charge in [-0.05, 0) is 25.2 Å². The Morgan fingerprint density at radius 1 is 1.64 bits per heavy atom. The Balaban J connectivity index is 2.42. The standard InChI is InChI=1S/C9H18N2O3/c1-14-5-6-2-3-7(10)8(4-6)11-9(12)13/h6-8,11H,2-5,10H2,1H3,(H,12,13)/t6-,7-,8+/m0/s1. The second kappa shape index (κ2) is 5.17. The number of carboxylic acid groups (broad SMARTS) is 1. The van der Waals surface area contributed by atoms with Crippen molar-refractivity contribution in [3.05, 3.63) is 0 Å². The van der Waals surface area contributed by atoms with E-state index in [9.17, 15) is 4.79 Å². The minimum Gasteiger partial charge on any atom is -0.465 e. The van der Waals surface area contributed by atoms with Crippen LogP contribution in [0.2, 0.25) is 0 Å². The molecule has 14 heavy (non-hydrogen) atoms. The van der Waals surface area contributed by atoms with Crippen molar-refractivity contribution in [1.29, 1.82) is 0 Å². The SMILES string of the molecule is COC[C@H]1CC[C@H](N)[C@H](NC(=O)O)C1. The van der Waals surface area contributed by atoms with Crippen molar-refractivity contribution in [2.24, 2.45) is 11.7 Å². The van der Waals surface area contributed by atoms with Gasteiger partial charge in [0, 0.05) is 25.8 Å². The average molecular weight is 202 g/mol. The Kier molecular flexibility index (Phi) is 4.16. The predicted octanol–water partition coefficient (Wildman–Crippen LogP) is 0.396. The highest BCUT2D eigenvalue weighted by Gasteiger charge is 2.28. The number of ether oxygens (including phenoxy) is 1. The highest BCUT2D eigenvalue weighted by atomic mass is 16.5. The lowest BCUT2D eigenvalue weighted by atomic mass is 9.83. The smallest absolute Gasteiger partial charge is 0.404 e. The number of nitrogens with one attached hydrogen (secondary N) is 1. The van der Waals surface area contributed by atoms with Crippen LogP contribution in [0, 0.1) is 5.92 Å². The third-order valence-corrected chi connectivity index (χ3v) is 2.72. The van der Waals surface area contributed by atoms with E-state index in [-0.39, 0.29) is 12.1 Å². The normalized spacial score (nSPS) is 32.6. The van der Waals surface area contributed by atoms with E-state index < -0.39 is 6.09 Å². The second-order valence-electron chi connectivity index (χ2n) is 3.85. The van der Waals surface area contributed by atoms with Crippen LogP contribution in [0.25, 0.3) is 0 Å². The number of carbonyl (C=O) groups is 1. The van der Waals surface area contributed by atoms with Crippen LogP contribution in [-0.4, -0.2) is 37.0 Å². The molecule has 5 nitrogen and oxygen atoms in total. The molecule has 1 amide bonds. The number of nitrogens with two attached hydrogens (primary N) is 1. The monoisotopic (exact) mass is 202 g/mol. The molecule has 1 aliphatic carbocycles. The van der Waals surface area contributed by atoms with Crippen LogP contribution in [0.1, 0.15) is 19.3 Å². The number of amides is 1. The highest BCUT2D eigenvalue weighted by molar-refractivity contribution is 5.65. The summed E-state index contributed by atoms with van der Waals surface area (Å²) in [5, 5.41) is 11.1. The maximum atomic E-state index is 10.5. The Morgan fingerprint density at radius 2 is 2.36 bits per heavy atom. The van der Waals surface area contributed by atoms with Crippen molar-refractivity contribution >= 4 is 6.09 Å². The summed E-state index contributed by atoms with van der Waals surface area (Å²) in [5.74, 6) is 0.427. The predicted molar refractivity (Wildman–Crippen MR) is 52.1 cm³/mol. The fourth-order valence-corrected chi connectivity index (χ4v) is 1.99. The molecule has 0 spiro atoms. The first-order valence-corrected chi connectivity index (χ1v) is 4.87. The lowest BCUT2D eigenvalue weighted by molar-refractivity contribution is 0.113. The highest BCUT2D eigenvalue weighted by Crippen LogP contribution is 2.23. The average Bonchev–Trinajstić information content (AvgIpc) is 2.10. The molecule has 1 fully saturated rings. The van der Waals surface area contributed by atoms with Crippen molar-refractivity contribution in [2.75, 3.05) is 13.7 Å². The summed E-state index contributed by atoms with van der Waals surface area (Å²) in [4.78, 5) is 10.5. The molecule has 3 atom stereocenters. The summed E-state index contributed by atoms with van der Waals surface area (Å²) in [6.07, 6.45) is 1.66. The van der Waals surface area contributed by atoms with Crippen LogP contribution < -0.4 is 11.1 Å². The van der Waals surface area contributed by atoms with Gasteiger partial charge in [-0.25, -0.2) is 4.79 Å². The van der Waals surface area contributed by atoms with Crippen molar-refractivity contribution in [3.8, 4) is 0 Å². The van der Waals surface area contributed by atoms with Gasteiger partial charge in [-0.15, -0.1) is 0 Å². The summed E-state index contributed by atoms with van der Waals surface area (Å²) in [5.41, 5.74) is 5.82. The van der Waals surface area contributed by atoms with Gasteiger partial charge in [0.1, 0.15) is 0 Å². The maximum Gasteiger partial charge on any atom is 0.404 e. The summed E-state index contributed by atoms with van der Waals surface area (Å²) in [6.45, 7) is 0.685. The molecule has 0 saturated heterocycles. The van der Waals surface area contributed by atoms with Gasteiger partial charge in [0.2, 0.25) is 0 Å². The second-order valence-corrected chi connectivity index (χ2v) is 3.85. The van der Waals surface area contributed by atoms with E-state index in [1.807, 2.05) is 0 Å². The minimum atomic E-state index is -0.997. The molecule has 82 valence electrons. The van der Waals surface area contributed by atoms with Gasteiger partial charge < -0.3 is 20.9 Å². The van der Waals surface area contributed by atoms with E-state index in [0.717, 1.165) is 19.3 Å². The Labute approximate surface area is 83.6 Å². The molecule has 0 aromatic carbocycles. The maximum absolute atomic E-state index is 10.5. The lowest BCUT2D eigenvalue weighted by Crippen LogP contribution is -2.51. The molecule has 0 radical (unpaired) electrons. The molecule has 4 N–H and O–H groups in total. The first-order valence-electron chi connectivity index (χ1n) is 4.87. The first-order chi connectivity index (χ1) is 6.63. The third kappa shape index (κ3) is 3.16. The van der Waals surface area contributed by atoms with Gasteiger partial charge in [-0.1, -0.05) is 0 Å². The topological polar surface area (TPSA) is 84.6 Å². The van der Waals surface area contributed by atoms with Crippen LogP contribution in [-0.2, 0) is 4.74 Å². The zero-order chi connectivity index (χ0) is 10.6. The summed E-state index contributed by atoms with van der Waals surface area (Å²) >= 11 is 0. The number of hydrogen-bond donors (Lipinski definition) is 3. The molecule has 0 aromatic heterocycles. The van der Waals surface area contributed by atoms with E-state index in [1.54, 1.807) is 7.11 Å². The van der Waals surface area contributed by atoms with Gasteiger partial charge in [-0.2, -0.15) is 0 Å². The van der Waals surface area contributed by atoms with Crippen LogP contribution in [0.5, 0.6) is 0 Å². The Morgan fingerprint density at radius 3 is 2.93 bits per heavy atom. The fraction of sp³-hybridized carbons (Fsp3) is 0.889. The summed E-state index contributed by atoms with van der Waals surface area (Å²) in [7, 11) is 1.66. The number of hydrogen-bond acceptors (Lipinski definition) is 3. The summed E-state index contributed by atoms with van der Waals surface area (Å²) in [6, 6.07) is -0.180. The zero-order valence-electron chi connectivity index (χ0n) is 8.40. The van der Waals surface area contributed by atoms with Gasteiger partial charge >= 0.3 is 6.09 Å². The minimum absolute atomic E-state index is 0.0563. The van der Waals surface area contributed by atoms with E-state index >= 15 is 0 Å². The number of rotatable bonds is 3. The van der Waals surface area contributed by atoms with Gasteiger partial charge in [-0.3, -0.25) is 0 Å². The molecular formula is C9H18N2O3. The van der Waals surface area contributed by atoms with Crippen molar-refractivity contribution < 1.29 is 14.6 Å². The molecule has 1 saturated carbocycles. The van der Waals surface area contributed by atoms with E-state index in [2.05, 4.69) is 5.32 Å². The molecule has 0 unspecified atom stereocenters. The summed E-state index contributed by atoms with van der Waals surface area (Å²) < 4.78 is 5.05. The van der Waals surface area contributed by atoms with E-state index in [4.69, 9.17) is 15.6 Å². The van der Waals surface area contributed by atoms with Crippen molar-refractivity contribution in [2.45, 2.75) is 31.3 Å². The molecule has 0 aliphatic heterocycles. The molecule has 1 rings (SSSR count). The van der Waals surface area contributed by atoms with Crippen LogP contribution in [0.15, 0.2) is 0 Å². The van der Waals surface area contributed by atoms with Crippen LogP contribution in [0.4, 0.5) is 4.79 Å². The van der Waals surface area contributed by atoms with Gasteiger partial charge in [0.05, 0.1) is 0 Å². The largest absolute Gasteiger partial charge is 0.465 e. The molecule has 0 bridgehead atoms. The van der Waals surface area contributed by atoms with Crippen molar-refractivity contribution in [1.82, 2.24) is 5.32 Å². The molecule has 1 aliphatic rings. The van der Waals surface area contributed by atoms with E-state index in [1.165, 1.54) is 0 Å². The Bertz CT molecular complexity index is 198. The molecule has 5 heteroatoms. The van der Waals surface area contributed by atoms with Crippen LogP contribution >= 0.6 is 0 Å². The zero-order valence-corrected chi connectivity index (χ0v) is 8.40. The Hall–Kier alpha value is -0.810. The number of methoxy groups -OCH3 is 1. The lowest BCUT2D eigenvalue weighted by Gasteiger charge is -2.33. The van der Waals surface area contributed by atoms with E-state index in [0.29, 0.717) is 12.5 Å². The fourth-order valence-electron chi connectivity index (χ4n) is 1.99. The van der Waals surface area contributed by atoms with Gasteiger partial charge in [0.25, 0.3) is 0 Å². The van der Waals surface area contributed by atoms with Gasteiger partial charge in [0.15, 0.2) is 0 Å². The molecule has 0 aromatic rings. The van der Waals surface area contributed by atoms with Crippen LogP contribution in [0.3, 0.4) is 0 Å². The molecular weight excluding hydrogens is 184 g/mol. The third-order valence-electron chi connectivity index (χ3n) is 2.72. The molecule has 0 heterocycles. The van der Waals surface area contributed by atoms with Crippen molar-refractivity contribution in [3.63, 3.8) is 0 Å². The first kappa shape index (κ1) is 11.3.